The van der Waals surface area contributed by atoms with Crippen LogP contribution in [0.15, 0.2) is 18.5 Å². The first-order valence-electron chi connectivity index (χ1n) is 4.82. The molecule has 1 aromatic rings. The molecule has 0 amide bonds. The molecule has 0 aliphatic carbocycles. The number of hydrazine groups is 1. The molecule has 4 nitrogen and oxygen atoms in total. The highest BCUT2D eigenvalue weighted by molar-refractivity contribution is 6.31. The molecule has 0 aromatic carbocycles. The van der Waals surface area contributed by atoms with Gasteiger partial charge in [0.2, 0.25) is 0 Å². The number of pyridine rings is 1. The number of aromatic nitrogens is 1. The van der Waals surface area contributed by atoms with Gasteiger partial charge in [-0.1, -0.05) is 11.6 Å². The Morgan fingerprint density at radius 2 is 2.33 bits per heavy atom. The van der Waals surface area contributed by atoms with Crippen molar-refractivity contribution in [3.63, 3.8) is 0 Å². The van der Waals surface area contributed by atoms with Gasteiger partial charge in [0.25, 0.3) is 0 Å². The van der Waals surface area contributed by atoms with E-state index in [-0.39, 0.29) is 12.1 Å². The first-order valence-corrected chi connectivity index (χ1v) is 5.20. The summed E-state index contributed by atoms with van der Waals surface area (Å²) in [6.07, 6.45) is 3.44. The molecule has 0 radical (unpaired) electrons. The van der Waals surface area contributed by atoms with Crippen LogP contribution >= 0.6 is 11.6 Å². The predicted molar refractivity (Wildman–Crippen MR) is 60.4 cm³/mol. The van der Waals surface area contributed by atoms with Gasteiger partial charge < -0.3 is 4.74 Å². The second kappa shape index (κ2) is 6.02. The molecular formula is C10H16ClN3O. The minimum Gasteiger partial charge on any atom is -0.377 e. The largest absolute Gasteiger partial charge is 0.377 e. The molecule has 84 valence electrons. The second-order valence-electron chi connectivity index (χ2n) is 3.50. The zero-order valence-corrected chi connectivity index (χ0v) is 9.66. The van der Waals surface area contributed by atoms with Gasteiger partial charge in [-0.2, -0.15) is 0 Å². The van der Waals surface area contributed by atoms with E-state index in [2.05, 4.69) is 10.4 Å². The Hall–Kier alpha value is -0.680. The Bertz CT molecular complexity index is 306. The molecule has 15 heavy (non-hydrogen) atoms. The van der Waals surface area contributed by atoms with Crippen LogP contribution in [-0.4, -0.2) is 17.7 Å². The zero-order valence-electron chi connectivity index (χ0n) is 8.90. The van der Waals surface area contributed by atoms with Gasteiger partial charge in [-0.05, 0) is 25.5 Å². The van der Waals surface area contributed by atoms with Crippen LogP contribution in [0.5, 0.6) is 0 Å². The summed E-state index contributed by atoms with van der Waals surface area (Å²) in [5, 5.41) is 0.591. The summed E-state index contributed by atoms with van der Waals surface area (Å²) in [5.74, 6) is 5.45. The van der Waals surface area contributed by atoms with Crippen LogP contribution < -0.4 is 11.3 Å². The molecule has 1 unspecified atom stereocenters. The minimum absolute atomic E-state index is 0.108. The van der Waals surface area contributed by atoms with Gasteiger partial charge in [0, 0.05) is 12.4 Å². The normalized spacial score (nSPS) is 13.1. The lowest BCUT2D eigenvalue weighted by molar-refractivity contribution is 0.0611. The Morgan fingerprint density at radius 3 is 2.87 bits per heavy atom. The Kier molecular flexibility index (Phi) is 4.98. The third kappa shape index (κ3) is 3.76. The summed E-state index contributed by atoms with van der Waals surface area (Å²) in [6, 6.07) is 1.72. The summed E-state index contributed by atoms with van der Waals surface area (Å²) in [6.45, 7) is 4.43. The maximum atomic E-state index is 6.00. The quantitative estimate of drug-likeness (QED) is 0.596. The highest BCUT2D eigenvalue weighted by atomic mass is 35.5. The van der Waals surface area contributed by atoms with Crippen LogP contribution in [0.25, 0.3) is 0 Å². The molecule has 0 saturated heterocycles. The third-order valence-electron chi connectivity index (χ3n) is 1.98. The van der Waals surface area contributed by atoms with Crippen LogP contribution in [0.3, 0.4) is 0 Å². The summed E-state index contributed by atoms with van der Waals surface area (Å²) in [7, 11) is 0. The molecule has 0 bridgehead atoms. The van der Waals surface area contributed by atoms with E-state index in [1.807, 2.05) is 19.9 Å². The van der Waals surface area contributed by atoms with E-state index < -0.39 is 0 Å². The van der Waals surface area contributed by atoms with E-state index in [0.717, 1.165) is 5.56 Å². The average molecular weight is 230 g/mol. The molecule has 1 heterocycles. The molecule has 0 aliphatic heterocycles. The Balaban J connectivity index is 2.70. The van der Waals surface area contributed by atoms with Crippen molar-refractivity contribution in [2.24, 2.45) is 5.84 Å². The van der Waals surface area contributed by atoms with Crippen molar-refractivity contribution in [2.75, 3.05) is 6.61 Å². The van der Waals surface area contributed by atoms with E-state index >= 15 is 0 Å². The third-order valence-corrected chi connectivity index (χ3v) is 2.29. The van der Waals surface area contributed by atoms with E-state index in [0.29, 0.717) is 11.6 Å². The maximum Gasteiger partial charge on any atom is 0.0709 e. The highest BCUT2D eigenvalue weighted by Crippen LogP contribution is 2.21. The monoisotopic (exact) mass is 229 g/mol. The number of hydrogen-bond donors (Lipinski definition) is 2. The number of ether oxygens (including phenoxy) is 1. The number of nitrogens with one attached hydrogen (secondary N) is 1. The molecule has 1 atom stereocenters. The topological polar surface area (TPSA) is 60.2 Å². The molecule has 0 spiro atoms. The molecule has 1 aromatic heterocycles. The minimum atomic E-state index is -0.108. The van der Waals surface area contributed by atoms with Crippen LogP contribution in [0.2, 0.25) is 5.02 Å². The van der Waals surface area contributed by atoms with Crippen LogP contribution in [0, 0.1) is 0 Å². The second-order valence-corrected chi connectivity index (χ2v) is 3.91. The SMILES string of the molecule is CC(C)OCC(NN)c1ccncc1Cl. The predicted octanol–water partition coefficient (Wildman–Crippen LogP) is 1.66. The van der Waals surface area contributed by atoms with E-state index in [1.54, 1.807) is 12.4 Å². The average Bonchev–Trinajstić information content (AvgIpc) is 2.21. The van der Waals surface area contributed by atoms with E-state index in [1.165, 1.54) is 0 Å². The lowest BCUT2D eigenvalue weighted by atomic mass is 10.1. The number of nitrogens with zero attached hydrogens (tertiary/aromatic N) is 1. The van der Waals surface area contributed by atoms with Crippen molar-refractivity contribution in [1.29, 1.82) is 0 Å². The van der Waals surface area contributed by atoms with Crippen LogP contribution in [-0.2, 0) is 4.74 Å². The van der Waals surface area contributed by atoms with Gasteiger partial charge in [-0.15, -0.1) is 0 Å². The van der Waals surface area contributed by atoms with Gasteiger partial charge >= 0.3 is 0 Å². The maximum absolute atomic E-state index is 6.00. The van der Waals surface area contributed by atoms with Crippen molar-refractivity contribution in [2.45, 2.75) is 26.0 Å². The van der Waals surface area contributed by atoms with Gasteiger partial charge in [0.05, 0.1) is 23.8 Å². The van der Waals surface area contributed by atoms with Crippen molar-refractivity contribution in [1.82, 2.24) is 10.4 Å². The molecule has 3 N–H and O–H groups in total. The fourth-order valence-electron chi connectivity index (χ4n) is 1.18. The van der Waals surface area contributed by atoms with E-state index in [9.17, 15) is 0 Å². The van der Waals surface area contributed by atoms with Crippen LogP contribution in [0.4, 0.5) is 0 Å². The summed E-state index contributed by atoms with van der Waals surface area (Å²) >= 11 is 6.00. The zero-order chi connectivity index (χ0) is 11.3. The fourth-order valence-corrected chi connectivity index (χ4v) is 1.44. The summed E-state index contributed by atoms with van der Waals surface area (Å²) < 4.78 is 5.48. The summed E-state index contributed by atoms with van der Waals surface area (Å²) in [4.78, 5) is 3.92. The first-order chi connectivity index (χ1) is 7.15. The standard InChI is InChI=1S/C10H16ClN3O/c1-7(2)15-6-10(14-12)8-3-4-13-5-9(8)11/h3-5,7,10,14H,6,12H2,1-2H3. The van der Waals surface area contributed by atoms with Gasteiger partial charge in [0.1, 0.15) is 0 Å². The van der Waals surface area contributed by atoms with Gasteiger partial charge in [0.15, 0.2) is 0 Å². The molecule has 0 fully saturated rings. The number of hydrogen-bond acceptors (Lipinski definition) is 4. The number of nitrogens with two attached hydrogens (primary N) is 1. The van der Waals surface area contributed by atoms with Gasteiger partial charge in [-0.25, -0.2) is 0 Å². The lowest BCUT2D eigenvalue weighted by Crippen LogP contribution is -2.32. The lowest BCUT2D eigenvalue weighted by Gasteiger charge is -2.18. The molecule has 0 saturated carbocycles. The molecule has 0 aliphatic rings. The van der Waals surface area contributed by atoms with Crippen molar-refractivity contribution < 1.29 is 4.74 Å². The molecule has 5 heteroatoms. The van der Waals surface area contributed by atoms with Crippen molar-refractivity contribution in [3.05, 3.63) is 29.0 Å². The van der Waals surface area contributed by atoms with Crippen LogP contribution in [0.1, 0.15) is 25.5 Å². The van der Waals surface area contributed by atoms with Crippen molar-refractivity contribution in [3.8, 4) is 0 Å². The molecular weight excluding hydrogens is 214 g/mol. The summed E-state index contributed by atoms with van der Waals surface area (Å²) in [5.41, 5.74) is 3.58. The van der Waals surface area contributed by atoms with Gasteiger partial charge in [-0.3, -0.25) is 16.3 Å². The Morgan fingerprint density at radius 1 is 1.60 bits per heavy atom. The fraction of sp³-hybridized carbons (Fsp3) is 0.500. The number of rotatable bonds is 5. The Labute approximate surface area is 94.8 Å². The smallest absolute Gasteiger partial charge is 0.0709 e. The first kappa shape index (κ1) is 12.4. The van der Waals surface area contributed by atoms with E-state index in [4.69, 9.17) is 22.2 Å². The highest BCUT2D eigenvalue weighted by Gasteiger charge is 2.13. The molecule has 1 rings (SSSR count). The number of halogens is 1. The van der Waals surface area contributed by atoms with Crippen molar-refractivity contribution >= 4 is 11.6 Å².